The average Bonchev–Trinajstić information content (AvgIpc) is 2.91. The van der Waals surface area contributed by atoms with E-state index in [1.165, 1.54) is 25.7 Å². The lowest BCUT2D eigenvalue weighted by molar-refractivity contribution is 0.0923. The van der Waals surface area contributed by atoms with E-state index in [1.54, 1.807) is 0 Å². The van der Waals surface area contributed by atoms with Gasteiger partial charge in [0.05, 0.1) is 22.6 Å². The van der Waals surface area contributed by atoms with Crippen molar-refractivity contribution in [2.75, 3.05) is 36.1 Å². The van der Waals surface area contributed by atoms with E-state index in [-0.39, 0.29) is 5.91 Å². The summed E-state index contributed by atoms with van der Waals surface area (Å²) in [4.78, 5) is 15.5. The molecule has 1 aliphatic heterocycles. The van der Waals surface area contributed by atoms with E-state index in [4.69, 9.17) is 5.73 Å². The van der Waals surface area contributed by atoms with Gasteiger partial charge in [0.25, 0.3) is 5.91 Å². The zero-order chi connectivity index (χ0) is 18.3. The number of anilines is 3. The first-order valence-electron chi connectivity index (χ1n) is 10.2. The number of nitrogen functional groups attached to an aromatic ring is 1. The highest BCUT2D eigenvalue weighted by atomic mass is 16.1. The van der Waals surface area contributed by atoms with Gasteiger partial charge in [-0.05, 0) is 68.4 Å². The summed E-state index contributed by atoms with van der Waals surface area (Å²) < 4.78 is 0. The predicted octanol–water partition coefficient (Wildman–Crippen LogP) is 3.47. The molecule has 5 heteroatoms. The largest absolute Gasteiger partial charge is 0.397 e. The maximum Gasteiger partial charge on any atom is 0.253 e. The molecular formula is C21H32N4O. The lowest BCUT2D eigenvalue weighted by Crippen LogP contribution is -2.38. The molecule has 0 bridgehead atoms. The Hall–Kier alpha value is -1.91. The van der Waals surface area contributed by atoms with Crippen molar-refractivity contribution in [2.24, 2.45) is 17.8 Å². The van der Waals surface area contributed by atoms with E-state index >= 15 is 0 Å². The molecule has 142 valence electrons. The number of carbonyl (C=O) groups excluding carboxylic acids is 1. The summed E-state index contributed by atoms with van der Waals surface area (Å²) in [6.45, 7) is 4.44. The van der Waals surface area contributed by atoms with Crippen LogP contribution < -0.4 is 21.3 Å². The van der Waals surface area contributed by atoms with Crippen LogP contribution in [-0.4, -0.2) is 32.1 Å². The maximum absolute atomic E-state index is 13.1. The number of carbonyl (C=O) groups is 1. The van der Waals surface area contributed by atoms with E-state index < -0.39 is 0 Å². The molecule has 3 fully saturated rings. The molecule has 1 aromatic carbocycles. The quantitative estimate of drug-likeness (QED) is 0.723. The summed E-state index contributed by atoms with van der Waals surface area (Å²) in [5, 5.41) is 6.45. The van der Waals surface area contributed by atoms with Crippen LogP contribution in [0.4, 0.5) is 17.1 Å². The number of hydrogen-bond acceptors (Lipinski definition) is 4. The second kappa shape index (κ2) is 7.01. The van der Waals surface area contributed by atoms with Crippen molar-refractivity contribution >= 4 is 23.0 Å². The number of rotatable bonds is 4. The summed E-state index contributed by atoms with van der Waals surface area (Å²) in [5.41, 5.74) is 9.52. The summed E-state index contributed by atoms with van der Waals surface area (Å²) in [6.07, 6.45) is 7.23. The first-order valence-corrected chi connectivity index (χ1v) is 10.2. The molecular weight excluding hydrogens is 324 g/mol. The number of fused-ring (bicyclic) bond motifs is 1. The fraction of sp³-hybridized carbons (Fsp3) is 0.667. The van der Waals surface area contributed by atoms with Gasteiger partial charge in [-0.3, -0.25) is 4.79 Å². The zero-order valence-corrected chi connectivity index (χ0v) is 16.1. The molecule has 2 saturated carbocycles. The molecule has 2 aliphatic carbocycles. The van der Waals surface area contributed by atoms with Crippen molar-refractivity contribution in [3.05, 3.63) is 17.7 Å². The number of nitrogens with two attached hydrogens (primary N) is 1. The molecule has 5 nitrogen and oxygen atoms in total. The molecule has 1 heterocycles. The minimum atomic E-state index is 0.0353. The van der Waals surface area contributed by atoms with E-state index in [2.05, 4.69) is 28.5 Å². The second-order valence-corrected chi connectivity index (χ2v) is 8.64. The van der Waals surface area contributed by atoms with Crippen LogP contribution in [-0.2, 0) is 0 Å². The molecule has 2 atom stereocenters. The first-order chi connectivity index (χ1) is 12.5. The Morgan fingerprint density at radius 3 is 2.31 bits per heavy atom. The Labute approximate surface area is 156 Å². The third-order valence-corrected chi connectivity index (χ3v) is 6.86. The van der Waals surface area contributed by atoms with Gasteiger partial charge in [-0.1, -0.05) is 6.92 Å². The maximum atomic E-state index is 13.1. The van der Waals surface area contributed by atoms with Gasteiger partial charge in [0.1, 0.15) is 0 Å². The fourth-order valence-corrected chi connectivity index (χ4v) is 4.89. The van der Waals surface area contributed by atoms with Crippen LogP contribution in [0, 0.1) is 17.8 Å². The van der Waals surface area contributed by atoms with Gasteiger partial charge in [-0.25, -0.2) is 0 Å². The predicted molar refractivity (Wildman–Crippen MR) is 108 cm³/mol. The minimum absolute atomic E-state index is 0.0353. The average molecular weight is 357 g/mol. The number of nitrogens with one attached hydrogen (secondary N) is 2. The van der Waals surface area contributed by atoms with Crippen molar-refractivity contribution in [1.82, 2.24) is 5.32 Å². The Morgan fingerprint density at radius 2 is 1.73 bits per heavy atom. The van der Waals surface area contributed by atoms with Gasteiger partial charge in [-0.15, -0.1) is 0 Å². The van der Waals surface area contributed by atoms with Gasteiger partial charge in [-0.2, -0.15) is 0 Å². The van der Waals surface area contributed by atoms with Gasteiger partial charge in [0, 0.05) is 26.2 Å². The number of nitrogens with zero attached hydrogens (tertiary/aromatic N) is 1. The van der Waals surface area contributed by atoms with E-state index in [9.17, 15) is 4.79 Å². The lowest BCUT2D eigenvalue weighted by atomic mass is 9.77. The van der Waals surface area contributed by atoms with Crippen LogP contribution in [0.3, 0.4) is 0 Å². The second-order valence-electron chi connectivity index (χ2n) is 8.64. The van der Waals surface area contributed by atoms with Crippen molar-refractivity contribution in [2.45, 2.75) is 51.5 Å². The van der Waals surface area contributed by atoms with Gasteiger partial charge in [0.2, 0.25) is 0 Å². The summed E-state index contributed by atoms with van der Waals surface area (Å²) >= 11 is 0. The van der Waals surface area contributed by atoms with Gasteiger partial charge < -0.3 is 21.3 Å². The molecule has 3 aliphatic rings. The molecule has 26 heavy (non-hydrogen) atoms. The Kier molecular flexibility index (Phi) is 4.72. The van der Waals surface area contributed by atoms with Crippen LogP contribution in [0.5, 0.6) is 0 Å². The van der Waals surface area contributed by atoms with Crippen molar-refractivity contribution in [3.63, 3.8) is 0 Å². The molecule has 4 rings (SSSR count). The summed E-state index contributed by atoms with van der Waals surface area (Å²) in [5.74, 6) is 2.43. The SMILES string of the molecule is CNc1cc(N2CC3CCC3C2)c(C(=O)NC2CCC(C)CC2)cc1N. The van der Waals surface area contributed by atoms with E-state index in [1.807, 2.05) is 13.1 Å². The smallest absolute Gasteiger partial charge is 0.253 e. The standard InChI is InChI=1S/C21H32N4O/c1-13-3-7-16(8-4-13)24-21(26)17-9-18(22)19(23-2)10-20(17)25-11-14-5-6-15(14)12-25/h9-10,13-16,23H,3-8,11-12,22H2,1-2H3,(H,24,26). The van der Waals surface area contributed by atoms with Crippen molar-refractivity contribution in [3.8, 4) is 0 Å². The Morgan fingerprint density at radius 1 is 1.08 bits per heavy atom. The highest BCUT2D eigenvalue weighted by molar-refractivity contribution is 6.02. The number of amides is 1. The molecule has 0 spiro atoms. The highest BCUT2D eigenvalue weighted by Gasteiger charge is 2.40. The fourth-order valence-electron chi connectivity index (χ4n) is 4.89. The monoisotopic (exact) mass is 356 g/mol. The van der Waals surface area contributed by atoms with Crippen LogP contribution in [0.1, 0.15) is 55.8 Å². The molecule has 0 radical (unpaired) electrons. The topological polar surface area (TPSA) is 70.4 Å². The third kappa shape index (κ3) is 3.24. The molecule has 0 aromatic heterocycles. The van der Waals surface area contributed by atoms with Crippen molar-refractivity contribution < 1.29 is 4.79 Å². The first kappa shape index (κ1) is 17.5. The van der Waals surface area contributed by atoms with Crippen LogP contribution in [0.15, 0.2) is 12.1 Å². The van der Waals surface area contributed by atoms with E-state index in [0.29, 0.717) is 11.7 Å². The normalized spacial score (nSPS) is 30.5. The van der Waals surface area contributed by atoms with Gasteiger partial charge >= 0.3 is 0 Å². The highest BCUT2D eigenvalue weighted by Crippen LogP contribution is 2.43. The molecule has 4 N–H and O–H groups in total. The molecule has 1 aromatic rings. The molecule has 1 amide bonds. The zero-order valence-electron chi connectivity index (χ0n) is 16.1. The molecule has 1 saturated heterocycles. The summed E-state index contributed by atoms with van der Waals surface area (Å²) in [6, 6.07) is 4.23. The van der Waals surface area contributed by atoms with Crippen LogP contribution >= 0.6 is 0 Å². The Bertz CT molecular complexity index is 669. The number of hydrogen-bond donors (Lipinski definition) is 3. The van der Waals surface area contributed by atoms with E-state index in [0.717, 1.165) is 60.6 Å². The lowest BCUT2D eigenvalue weighted by Gasteiger charge is -2.28. The Balaban J connectivity index is 1.57. The number of benzene rings is 1. The van der Waals surface area contributed by atoms with Crippen molar-refractivity contribution in [1.29, 1.82) is 0 Å². The van der Waals surface area contributed by atoms with Gasteiger partial charge in [0.15, 0.2) is 0 Å². The minimum Gasteiger partial charge on any atom is -0.397 e. The van der Waals surface area contributed by atoms with Crippen LogP contribution in [0.25, 0.3) is 0 Å². The third-order valence-electron chi connectivity index (χ3n) is 6.86. The van der Waals surface area contributed by atoms with Crippen LogP contribution in [0.2, 0.25) is 0 Å². The molecule has 2 unspecified atom stereocenters. The summed E-state index contributed by atoms with van der Waals surface area (Å²) in [7, 11) is 1.88.